The molecule has 0 bridgehead atoms. The van der Waals surface area contributed by atoms with Crippen molar-refractivity contribution in [3.05, 3.63) is 72.6 Å². The van der Waals surface area contributed by atoms with E-state index >= 15 is 0 Å². The highest BCUT2D eigenvalue weighted by molar-refractivity contribution is 7.99. The maximum Gasteiger partial charge on any atom is 0.255 e. The van der Waals surface area contributed by atoms with Crippen molar-refractivity contribution < 1.29 is 9.53 Å². The minimum atomic E-state index is -0.160. The van der Waals surface area contributed by atoms with Crippen molar-refractivity contribution in [1.82, 2.24) is 9.97 Å². The zero-order chi connectivity index (χ0) is 20.9. The second-order valence-corrected chi connectivity index (χ2v) is 8.41. The molecular weight excluding hydrogens is 396 g/mol. The number of rotatable bonds is 5. The molecule has 1 fully saturated rings. The van der Waals surface area contributed by atoms with Crippen molar-refractivity contribution in [2.75, 3.05) is 23.3 Å². The number of benzene rings is 1. The Hall–Kier alpha value is -2.90. The molecule has 30 heavy (non-hydrogen) atoms. The van der Waals surface area contributed by atoms with Crippen LogP contribution in [-0.4, -0.2) is 41.2 Å². The Morgan fingerprint density at radius 3 is 2.43 bits per heavy atom. The fourth-order valence-corrected chi connectivity index (χ4v) is 4.19. The Bertz CT molecular complexity index is 970. The van der Waals surface area contributed by atoms with Crippen LogP contribution in [0, 0.1) is 0 Å². The summed E-state index contributed by atoms with van der Waals surface area (Å²) in [5.41, 5.74) is 1.27. The molecular formula is C23H24N4O2S. The molecule has 1 aliphatic rings. The monoisotopic (exact) mass is 420 g/mol. The van der Waals surface area contributed by atoms with Crippen LogP contribution in [-0.2, 0) is 4.74 Å². The van der Waals surface area contributed by atoms with Crippen molar-refractivity contribution in [2.45, 2.75) is 36.0 Å². The lowest BCUT2D eigenvalue weighted by atomic mass is 10.2. The first-order valence-electron chi connectivity index (χ1n) is 9.93. The van der Waals surface area contributed by atoms with Gasteiger partial charge in [0.15, 0.2) is 0 Å². The lowest BCUT2D eigenvalue weighted by Gasteiger charge is -2.36. The third-order valence-corrected chi connectivity index (χ3v) is 5.68. The van der Waals surface area contributed by atoms with Crippen molar-refractivity contribution in [3.8, 4) is 0 Å². The van der Waals surface area contributed by atoms with Crippen LogP contribution in [0.3, 0.4) is 0 Å². The Morgan fingerprint density at radius 2 is 1.80 bits per heavy atom. The molecule has 1 amide bonds. The molecule has 4 rings (SSSR count). The van der Waals surface area contributed by atoms with Crippen LogP contribution in [0.4, 0.5) is 11.5 Å². The number of carbonyl (C=O) groups is 1. The summed E-state index contributed by atoms with van der Waals surface area (Å²) in [5, 5.41) is 3.83. The van der Waals surface area contributed by atoms with E-state index in [1.165, 1.54) is 0 Å². The first kappa shape index (κ1) is 20.4. The van der Waals surface area contributed by atoms with Gasteiger partial charge in [-0.05, 0) is 62.4 Å². The van der Waals surface area contributed by atoms with Crippen LogP contribution in [0.25, 0.3) is 0 Å². The summed E-state index contributed by atoms with van der Waals surface area (Å²) in [5.74, 6) is 0.735. The fourth-order valence-electron chi connectivity index (χ4n) is 3.42. The fraction of sp³-hybridized carbons (Fsp3) is 0.261. The molecule has 154 valence electrons. The molecule has 1 saturated heterocycles. The lowest BCUT2D eigenvalue weighted by Crippen LogP contribution is -2.45. The van der Waals surface area contributed by atoms with E-state index in [4.69, 9.17) is 4.74 Å². The van der Waals surface area contributed by atoms with Gasteiger partial charge in [0.05, 0.1) is 24.1 Å². The standard InChI is InChI=1S/C23H24N4O2S/c1-16-14-27(15-17(2)29-16)21-11-8-19(13-25-21)26-23(28)18-6-9-20(10-7-18)30-22-5-3-4-12-24-22/h3-13,16-17H,14-15H2,1-2H3,(H,26,28)/t16-,17+. The van der Waals surface area contributed by atoms with E-state index in [9.17, 15) is 4.79 Å². The number of hydrogen-bond acceptors (Lipinski definition) is 6. The van der Waals surface area contributed by atoms with Crippen LogP contribution in [0.1, 0.15) is 24.2 Å². The molecule has 1 aromatic carbocycles. The van der Waals surface area contributed by atoms with E-state index in [-0.39, 0.29) is 18.1 Å². The van der Waals surface area contributed by atoms with Gasteiger partial charge in [0, 0.05) is 29.7 Å². The van der Waals surface area contributed by atoms with E-state index in [2.05, 4.69) is 34.0 Å². The summed E-state index contributed by atoms with van der Waals surface area (Å²) in [6.07, 6.45) is 3.81. The van der Waals surface area contributed by atoms with Crippen molar-refractivity contribution in [2.24, 2.45) is 0 Å². The Kier molecular flexibility index (Phi) is 6.30. The largest absolute Gasteiger partial charge is 0.372 e. The summed E-state index contributed by atoms with van der Waals surface area (Å²) in [4.78, 5) is 24.6. The Labute approximate surface area is 180 Å². The molecule has 7 heteroatoms. The zero-order valence-electron chi connectivity index (χ0n) is 17.0. The van der Waals surface area contributed by atoms with Crippen LogP contribution < -0.4 is 10.2 Å². The number of hydrogen-bond donors (Lipinski definition) is 1. The molecule has 3 aromatic rings. The van der Waals surface area contributed by atoms with Gasteiger partial charge >= 0.3 is 0 Å². The number of amides is 1. The van der Waals surface area contributed by atoms with Crippen LogP contribution in [0.2, 0.25) is 0 Å². The van der Waals surface area contributed by atoms with E-state index < -0.39 is 0 Å². The van der Waals surface area contributed by atoms with E-state index in [0.29, 0.717) is 11.3 Å². The highest BCUT2D eigenvalue weighted by atomic mass is 32.2. The number of morpholine rings is 1. The summed E-state index contributed by atoms with van der Waals surface area (Å²) in [6, 6.07) is 17.1. The molecule has 1 N–H and O–H groups in total. The highest BCUT2D eigenvalue weighted by Gasteiger charge is 2.23. The van der Waals surface area contributed by atoms with Gasteiger partial charge in [-0.2, -0.15) is 0 Å². The summed E-state index contributed by atoms with van der Waals surface area (Å²) < 4.78 is 5.77. The molecule has 2 atom stereocenters. The number of nitrogens with zero attached hydrogens (tertiary/aromatic N) is 3. The van der Waals surface area contributed by atoms with E-state index in [1.807, 2.05) is 54.6 Å². The minimum absolute atomic E-state index is 0.160. The maximum atomic E-state index is 12.6. The average Bonchev–Trinajstić information content (AvgIpc) is 2.75. The molecule has 1 aliphatic heterocycles. The molecule has 3 heterocycles. The highest BCUT2D eigenvalue weighted by Crippen LogP contribution is 2.26. The number of carbonyl (C=O) groups excluding carboxylic acids is 1. The average molecular weight is 421 g/mol. The number of anilines is 2. The second-order valence-electron chi connectivity index (χ2n) is 7.32. The minimum Gasteiger partial charge on any atom is -0.372 e. The van der Waals surface area contributed by atoms with Gasteiger partial charge in [0.25, 0.3) is 5.91 Å². The quantitative estimate of drug-likeness (QED) is 0.656. The van der Waals surface area contributed by atoms with Gasteiger partial charge in [-0.1, -0.05) is 17.8 Å². The van der Waals surface area contributed by atoms with Crippen LogP contribution >= 0.6 is 11.8 Å². The summed E-state index contributed by atoms with van der Waals surface area (Å²) in [6.45, 7) is 5.76. The third kappa shape index (κ3) is 5.17. The smallest absolute Gasteiger partial charge is 0.255 e. The first-order valence-corrected chi connectivity index (χ1v) is 10.8. The number of pyridine rings is 2. The third-order valence-electron chi connectivity index (χ3n) is 4.73. The number of aromatic nitrogens is 2. The SMILES string of the molecule is C[C@@H]1CN(c2ccc(NC(=O)c3ccc(Sc4ccccn4)cc3)cn2)C[C@H](C)O1. The lowest BCUT2D eigenvalue weighted by molar-refractivity contribution is -0.00545. The van der Waals surface area contributed by atoms with Crippen molar-refractivity contribution in [1.29, 1.82) is 0 Å². The van der Waals surface area contributed by atoms with Crippen molar-refractivity contribution >= 4 is 29.2 Å². The predicted octanol–water partition coefficient (Wildman–Crippen LogP) is 4.49. The van der Waals surface area contributed by atoms with Crippen molar-refractivity contribution in [3.63, 3.8) is 0 Å². The molecule has 0 spiro atoms. The zero-order valence-corrected chi connectivity index (χ0v) is 17.8. The Morgan fingerprint density at radius 1 is 1.03 bits per heavy atom. The summed E-state index contributed by atoms with van der Waals surface area (Å²) in [7, 11) is 0. The summed E-state index contributed by atoms with van der Waals surface area (Å²) >= 11 is 1.56. The van der Waals surface area contributed by atoms with Gasteiger partial charge in [-0.15, -0.1) is 0 Å². The van der Waals surface area contributed by atoms with Crippen LogP contribution in [0.5, 0.6) is 0 Å². The van der Waals surface area contributed by atoms with Gasteiger partial charge < -0.3 is 15.0 Å². The molecule has 0 unspecified atom stereocenters. The Balaban J connectivity index is 1.36. The van der Waals surface area contributed by atoms with E-state index in [1.54, 1.807) is 24.2 Å². The predicted molar refractivity (Wildman–Crippen MR) is 119 cm³/mol. The topological polar surface area (TPSA) is 67.4 Å². The van der Waals surface area contributed by atoms with Gasteiger partial charge in [-0.25, -0.2) is 9.97 Å². The normalized spacial score (nSPS) is 18.8. The van der Waals surface area contributed by atoms with Gasteiger partial charge in [0.1, 0.15) is 10.8 Å². The molecule has 0 radical (unpaired) electrons. The molecule has 0 aliphatic carbocycles. The van der Waals surface area contributed by atoms with Gasteiger partial charge in [-0.3, -0.25) is 4.79 Å². The maximum absolute atomic E-state index is 12.6. The van der Waals surface area contributed by atoms with Gasteiger partial charge in [0.2, 0.25) is 0 Å². The molecule has 0 saturated carbocycles. The number of nitrogens with one attached hydrogen (secondary N) is 1. The number of ether oxygens (including phenoxy) is 1. The molecule has 6 nitrogen and oxygen atoms in total. The molecule has 2 aromatic heterocycles. The second kappa shape index (κ2) is 9.28. The first-order chi connectivity index (χ1) is 14.6. The van der Waals surface area contributed by atoms with Crippen LogP contribution in [0.15, 0.2) is 76.9 Å². The van der Waals surface area contributed by atoms with E-state index in [0.717, 1.165) is 28.8 Å².